The van der Waals surface area contributed by atoms with Gasteiger partial charge in [-0.2, -0.15) is 15.3 Å². The number of ether oxygens (including phenoxy) is 3. The number of hydrogen-bond donors (Lipinski definition) is 1. The molecule has 0 radical (unpaired) electrons. The first kappa shape index (κ1) is 51.7. The standard InChI is InChI=1S/C35H38Cl2N8O4.C16H14F3N5O/c1-3-25(2)45-34(46)44(24-40-45)29-7-5-27(6-8-29)41-14-16-42(17-15-41)28-9-11-30(12-10-28)47-19-31-20-48-35(49-31,21-43-23-38-22-39-43)32-13-4-26(36)18-33(32)37;1-10(15-14(19)5-20-7-22-15)16(25,6-24-9-21-8-23-24)12-3-2-11(17)4-13(12)18/h4-13,18,22-25,31H,3,14-17,19-21H2,1-2H3;2-5,7-10,25H,6H2,1H3/t25?,31-,35-;10-,16+/m00/s1. The fourth-order valence-corrected chi connectivity index (χ4v) is 9.52. The number of anilines is 2. The number of rotatable bonds is 16. The van der Waals surface area contributed by atoms with Gasteiger partial charge in [-0.05, 0) is 80.1 Å². The molecule has 386 valence electrons. The minimum Gasteiger partial charge on any atom is -0.491 e. The summed E-state index contributed by atoms with van der Waals surface area (Å²) >= 11 is 12.7. The second kappa shape index (κ2) is 22.5. The lowest BCUT2D eigenvalue weighted by atomic mass is 9.79. The molecule has 8 aromatic rings. The zero-order valence-corrected chi connectivity index (χ0v) is 42.0. The maximum atomic E-state index is 14.4. The number of aliphatic hydroxyl groups is 1. The van der Waals surface area contributed by atoms with E-state index in [0.29, 0.717) is 34.9 Å². The molecular formula is C51H52Cl2F3N13O5. The molecule has 2 fully saturated rings. The second-order valence-corrected chi connectivity index (χ2v) is 18.8. The highest BCUT2D eigenvalue weighted by molar-refractivity contribution is 6.35. The number of benzene rings is 4. The van der Waals surface area contributed by atoms with Crippen LogP contribution in [0.5, 0.6) is 5.75 Å². The molecule has 2 aliphatic rings. The summed E-state index contributed by atoms with van der Waals surface area (Å²) < 4.78 is 66.7. The Balaban J connectivity index is 0.000000226. The summed E-state index contributed by atoms with van der Waals surface area (Å²) in [6.07, 6.45) is 9.85. The van der Waals surface area contributed by atoms with Gasteiger partial charge in [-0.25, -0.2) is 56.5 Å². The molecule has 1 unspecified atom stereocenters. The lowest BCUT2D eigenvalue weighted by Gasteiger charge is -2.37. The molecule has 2 saturated heterocycles. The SMILES string of the molecule is CCC(C)n1ncn(-c2ccc(N3CCN(c4ccc(OC[C@H]5CO[C@](Cn6cncn6)(c6ccc(Cl)cc6Cl)O5)cc4)CC3)cc2)c1=O.C[C@@H](c1ncncc1F)[C@](O)(Cn1cncn1)c1ccc(F)cc1F. The molecule has 5 atom stereocenters. The van der Waals surface area contributed by atoms with E-state index < -0.39 is 34.8 Å². The summed E-state index contributed by atoms with van der Waals surface area (Å²) in [6, 6.07) is 24.4. The van der Waals surface area contributed by atoms with E-state index in [9.17, 15) is 23.1 Å². The molecule has 1 N–H and O–H groups in total. The Labute approximate surface area is 433 Å². The highest BCUT2D eigenvalue weighted by Crippen LogP contribution is 2.42. The van der Waals surface area contributed by atoms with Crippen LogP contribution >= 0.6 is 23.2 Å². The van der Waals surface area contributed by atoms with Crippen LogP contribution in [0.2, 0.25) is 10.0 Å². The fraction of sp³-hybridized carbons (Fsp3) is 0.333. The minimum atomic E-state index is -1.96. The largest absolute Gasteiger partial charge is 0.491 e. The van der Waals surface area contributed by atoms with E-state index in [2.05, 4.69) is 69.3 Å². The van der Waals surface area contributed by atoms with Gasteiger partial charge in [0.05, 0.1) is 41.8 Å². The highest BCUT2D eigenvalue weighted by Gasteiger charge is 2.46. The zero-order valence-electron chi connectivity index (χ0n) is 40.5. The first-order valence-electron chi connectivity index (χ1n) is 23.8. The Kier molecular flexibility index (Phi) is 15.7. The van der Waals surface area contributed by atoms with Crippen molar-refractivity contribution in [1.82, 2.24) is 53.8 Å². The van der Waals surface area contributed by atoms with Crippen LogP contribution in [0, 0.1) is 17.5 Å². The van der Waals surface area contributed by atoms with Crippen LogP contribution < -0.4 is 20.2 Å². The van der Waals surface area contributed by atoms with Crippen LogP contribution in [0.15, 0.2) is 134 Å². The first-order chi connectivity index (χ1) is 35.7. The zero-order chi connectivity index (χ0) is 52.0. The smallest absolute Gasteiger partial charge is 0.350 e. The Morgan fingerprint density at radius 3 is 2.08 bits per heavy atom. The second-order valence-electron chi connectivity index (χ2n) is 17.9. The molecular weight excluding hydrogens is 1000 g/mol. The van der Waals surface area contributed by atoms with Crippen LogP contribution in [-0.2, 0) is 34.0 Å². The van der Waals surface area contributed by atoms with E-state index in [-0.39, 0.29) is 42.2 Å². The third kappa shape index (κ3) is 11.3. The van der Waals surface area contributed by atoms with Crippen molar-refractivity contribution in [3.8, 4) is 11.4 Å². The maximum absolute atomic E-state index is 14.4. The third-order valence-electron chi connectivity index (χ3n) is 13.2. The van der Waals surface area contributed by atoms with Gasteiger partial charge in [-0.3, -0.25) is 0 Å². The molecule has 2 aliphatic heterocycles. The van der Waals surface area contributed by atoms with E-state index in [1.165, 1.54) is 35.3 Å². The van der Waals surface area contributed by atoms with Gasteiger partial charge in [0, 0.05) is 65.7 Å². The van der Waals surface area contributed by atoms with Gasteiger partial charge in [-0.1, -0.05) is 49.2 Å². The molecule has 0 saturated carbocycles. The molecule has 18 nitrogen and oxygen atoms in total. The maximum Gasteiger partial charge on any atom is 0.350 e. The van der Waals surface area contributed by atoms with Crippen LogP contribution in [0.4, 0.5) is 24.5 Å². The summed E-state index contributed by atoms with van der Waals surface area (Å²) in [4.78, 5) is 32.8. The third-order valence-corrected chi connectivity index (χ3v) is 13.8. The predicted octanol–water partition coefficient (Wildman–Crippen LogP) is 7.75. The van der Waals surface area contributed by atoms with E-state index in [0.717, 1.165) is 80.1 Å². The average Bonchev–Trinajstić information content (AvgIpc) is 4.26. The number of hydrogen-bond acceptors (Lipinski definition) is 14. The molecule has 74 heavy (non-hydrogen) atoms. The molecule has 10 rings (SSSR count). The Morgan fingerprint density at radius 1 is 0.797 bits per heavy atom. The Morgan fingerprint density at radius 2 is 1.46 bits per heavy atom. The van der Waals surface area contributed by atoms with Crippen molar-refractivity contribution < 1.29 is 32.5 Å². The van der Waals surface area contributed by atoms with Crippen LogP contribution in [-0.4, -0.2) is 104 Å². The molecule has 0 spiro atoms. The molecule has 4 aromatic heterocycles. The lowest BCUT2D eigenvalue weighted by Crippen LogP contribution is -2.46. The van der Waals surface area contributed by atoms with Gasteiger partial charge in [0.1, 0.15) is 80.2 Å². The van der Waals surface area contributed by atoms with Crippen molar-refractivity contribution in [3.05, 3.63) is 184 Å². The summed E-state index contributed by atoms with van der Waals surface area (Å²) in [6.45, 7) is 9.74. The summed E-state index contributed by atoms with van der Waals surface area (Å²) in [5.74, 6) is -3.88. The molecule has 4 aromatic carbocycles. The van der Waals surface area contributed by atoms with E-state index in [1.54, 1.807) is 34.0 Å². The predicted molar refractivity (Wildman–Crippen MR) is 269 cm³/mol. The molecule has 6 heterocycles. The van der Waals surface area contributed by atoms with Gasteiger partial charge < -0.3 is 29.1 Å². The fourth-order valence-electron chi connectivity index (χ4n) is 8.96. The highest BCUT2D eigenvalue weighted by atomic mass is 35.5. The van der Waals surface area contributed by atoms with E-state index >= 15 is 0 Å². The van der Waals surface area contributed by atoms with Gasteiger partial charge in [0.15, 0.2) is 5.82 Å². The van der Waals surface area contributed by atoms with Crippen LogP contribution in [0.1, 0.15) is 56.0 Å². The lowest BCUT2D eigenvalue weighted by molar-refractivity contribution is -0.190. The quantitative estimate of drug-likeness (QED) is 0.0992. The molecule has 0 bridgehead atoms. The first-order valence-corrected chi connectivity index (χ1v) is 24.5. The average molecular weight is 1050 g/mol. The number of halogens is 5. The molecule has 23 heteroatoms. The minimum absolute atomic E-state index is 0.0645. The van der Waals surface area contributed by atoms with Crippen LogP contribution in [0.3, 0.4) is 0 Å². The van der Waals surface area contributed by atoms with Crippen molar-refractivity contribution in [2.75, 3.05) is 49.2 Å². The van der Waals surface area contributed by atoms with Crippen molar-refractivity contribution in [2.24, 2.45) is 0 Å². The van der Waals surface area contributed by atoms with Crippen molar-refractivity contribution in [2.45, 2.75) is 69.7 Å². The van der Waals surface area contributed by atoms with Gasteiger partial charge in [-0.15, -0.1) is 0 Å². The number of piperazine rings is 1. The normalized spacial score (nSPS) is 18.4. The summed E-state index contributed by atoms with van der Waals surface area (Å²) in [7, 11) is 0. The van der Waals surface area contributed by atoms with E-state index in [1.807, 2.05) is 44.2 Å². The van der Waals surface area contributed by atoms with E-state index in [4.69, 9.17) is 37.4 Å². The van der Waals surface area contributed by atoms with Crippen molar-refractivity contribution >= 4 is 34.6 Å². The van der Waals surface area contributed by atoms with Crippen molar-refractivity contribution in [3.63, 3.8) is 0 Å². The molecule has 0 aliphatic carbocycles. The summed E-state index contributed by atoms with van der Waals surface area (Å²) in [5.41, 5.74) is 1.39. The monoisotopic (exact) mass is 1050 g/mol. The number of aromatic nitrogens is 11. The Hall–Kier alpha value is -7.17. The molecule has 0 amide bonds. The van der Waals surface area contributed by atoms with Gasteiger partial charge in [0.2, 0.25) is 5.79 Å². The number of nitrogens with zero attached hydrogens (tertiary/aromatic N) is 13. The van der Waals surface area contributed by atoms with Crippen LogP contribution in [0.25, 0.3) is 5.69 Å². The topological polar surface area (TPSA) is 181 Å². The Bertz CT molecular complexity index is 3180. The van der Waals surface area contributed by atoms with Crippen molar-refractivity contribution in [1.29, 1.82) is 0 Å². The van der Waals surface area contributed by atoms with Gasteiger partial charge >= 0.3 is 5.69 Å². The van der Waals surface area contributed by atoms with Gasteiger partial charge in [0.25, 0.3) is 0 Å². The summed E-state index contributed by atoms with van der Waals surface area (Å²) in [5, 5.41) is 24.7.